The Morgan fingerprint density at radius 3 is 2.62 bits per heavy atom. The summed E-state index contributed by atoms with van der Waals surface area (Å²) in [5, 5.41) is 0.516. The third-order valence-electron chi connectivity index (χ3n) is 4.12. The summed E-state index contributed by atoms with van der Waals surface area (Å²) in [4.78, 5) is 7.32. The van der Waals surface area contributed by atoms with Crippen molar-refractivity contribution in [2.24, 2.45) is 0 Å². The first-order chi connectivity index (χ1) is 10.8. The van der Waals surface area contributed by atoms with Gasteiger partial charge in [-0.3, -0.25) is 4.90 Å². The van der Waals surface area contributed by atoms with Gasteiger partial charge in [-0.1, -0.05) is 12.1 Å². The van der Waals surface area contributed by atoms with Crippen molar-refractivity contribution in [2.45, 2.75) is 44.6 Å². The topological polar surface area (TPSA) is 42.2 Å². The van der Waals surface area contributed by atoms with Gasteiger partial charge < -0.3 is 5.73 Å². The van der Waals surface area contributed by atoms with Gasteiger partial charge in [-0.25, -0.2) is 4.98 Å². The van der Waals surface area contributed by atoms with Crippen LogP contribution in [0.15, 0.2) is 30.5 Å². The lowest BCUT2D eigenvalue weighted by Gasteiger charge is -2.29. The Kier molecular flexibility index (Phi) is 5.78. The minimum atomic E-state index is -4.31. The first-order valence-electron chi connectivity index (χ1n) is 7.47. The zero-order valence-electron chi connectivity index (χ0n) is 13.1. The van der Waals surface area contributed by atoms with Crippen LogP contribution in [0.2, 0.25) is 0 Å². The molecule has 1 saturated carbocycles. The molecule has 0 radical (unpaired) electrons. The van der Waals surface area contributed by atoms with E-state index in [0.717, 1.165) is 23.8 Å². The standard InChI is InChI=1S/C16H18F3N3S.ClH/c1-10(11-3-2-4-12(7-11)16(17,18)19)22(13-5-6-13)9-14-8-21-15(20)23-14;/h2-4,7-8,10,13H,5-6,9H2,1H3,(H2,20,21);1H. The van der Waals surface area contributed by atoms with Crippen molar-refractivity contribution in [3.8, 4) is 0 Å². The van der Waals surface area contributed by atoms with Gasteiger partial charge in [0.1, 0.15) is 0 Å². The number of rotatable bonds is 5. The summed E-state index contributed by atoms with van der Waals surface area (Å²) in [7, 11) is 0. The van der Waals surface area contributed by atoms with Gasteiger partial charge in [0.2, 0.25) is 0 Å². The molecule has 24 heavy (non-hydrogen) atoms. The van der Waals surface area contributed by atoms with E-state index in [4.69, 9.17) is 5.73 Å². The maximum absolute atomic E-state index is 12.9. The highest BCUT2D eigenvalue weighted by Crippen LogP contribution is 2.38. The highest BCUT2D eigenvalue weighted by molar-refractivity contribution is 7.15. The van der Waals surface area contributed by atoms with E-state index in [-0.39, 0.29) is 18.4 Å². The van der Waals surface area contributed by atoms with Crippen LogP contribution in [-0.4, -0.2) is 15.9 Å². The van der Waals surface area contributed by atoms with Gasteiger partial charge in [0.15, 0.2) is 5.13 Å². The minimum Gasteiger partial charge on any atom is -0.375 e. The van der Waals surface area contributed by atoms with Gasteiger partial charge in [-0.15, -0.1) is 23.7 Å². The molecule has 1 atom stereocenters. The number of nitrogen functional groups attached to an aromatic ring is 1. The molecule has 0 bridgehead atoms. The number of benzene rings is 1. The summed E-state index contributed by atoms with van der Waals surface area (Å²) in [6, 6.07) is 5.93. The first-order valence-corrected chi connectivity index (χ1v) is 8.29. The van der Waals surface area contributed by atoms with E-state index >= 15 is 0 Å². The summed E-state index contributed by atoms with van der Waals surface area (Å²) in [5.74, 6) is 0. The summed E-state index contributed by atoms with van der Waals surface area (Å²) >= 11 is 1.43. The first kappa shape index (κ1) is 19.0. The van der Waals surface area contributed by atoms with Gasteiger partial charge in [0.05, 0.1) is 5.56 Å². The number of halogens is 4. The maximum atomic E-state index is 12.9. The van der Waals surface area contributed by atoms with Crippen LogP contribution in [-0.2, 0) is 12.7 Å². The molecule has 0 spiro atoms. The lowest BCUT2D eigenvalue weighted by molar-refractivity contribution is -0.137. The highest BCUT2D eigenvalue weighted by Gasteiger charge is 2.35. The van der Waals surface area contributed by atoms with E-state index in [2.05, 4.69) is 9.88 Å². The Balaban J connectivity index is 0.00000208. The predicted molar refractivity (Wildman–Crippen MR) is 92.2 cm³/mol. The zero-order chi connectivity index (χ0) is 16.6. The number of hydrogen-bond acceptors (Lipinski definition) is 4. The molecule has 1 aliphatic carbocycles. The zero-order valence-corrected chi connectivity index (χ0v) is 14.7. The Morgan fingerprint density at radius 1 is 1.38 bits per heavy atom. The molecule has 1 unspecified atom stereocenters. The second-order valence-electron chi connectivity index (χ2n) is 5.87. The number of hydrogen-bond donors (Lipinski definition) is 1. The van der Waals surface area contributed by atoms with Crippen molar-refractivity contribution >= 4 is 28.9 Å². The summed E-state index contributed by atoms with van der Waals surface area (Å²) < 4.78 is 38.8. The summed E-state index contributed by atoms with van der Waals surface area (Å²) in [6.45, 7) is 2.62. The average molecular weight is 378 g/mol. The van der Waals surface area contributed by atoms with E-state index in [0.29, 0.717) is 23.3 Å². The average Bonchev–Trinajstić information content (AvgIpc) is 3.26. The molecule has 8 heteroatoms. The molecule has 2 N–H and O–H groups in total. The minimum absolute atomic E-state index is 0. The van der Waals surface area contributed by atoms with E-state index in [9.17, 15) is 13.2 Å². The fraction of sp³-hybridized carbons (Fsp3) is 0.438. The molecule has 1 heterocycles. The number of anilines is 1. The normalized spacial score (nSPS) is 16.0. The van der Waals surface area contributed by atoms with Crippen LogP contribution >= 0.6 is 23.7 Å². The fourth-order valence-corrected chi connectivity index (χ4v) is 3.42. The van der Waals surface area contributed by atoms with Gasteiger partial charge in [-0.05, 0) is 37.5 Å². The van der Waals surface area contributed by atoms with Crippen LogP contribution in [0.3, 0.4) is 0 Å². The van der Waals surface area contributed by atoms with Crippen molar-refractivity contribution in [1.29, 1.82) is 0 Å². The van der Waals surface area contributed by atoms with Gasteiger partial charge in [-0.2, -0.15) is 13.2 Å². The Labute approximate surface area is 149 Å². The molecular weight excluding hydrogens is 359 g/mol. The molecule has 3 rings (SSSR count). The Morgan fingerprint density at radius 2 is 2.08 bits per heavy atom. The van der Waals surface area contributed by atoms with E-state index < -0.39 is 11.7 Å². The molecule has 132 valence electrons. The van der Waals surface area contributed by atoms with Crippen molar-refractivity contribution in [3.63, 3.8) is 0 Å². The van der Waals surface area contributed by atoms with Crippen LogP contribution in [0.4, 0.5) is 18.3 Å². The third-order valence-corrected chi connectivity index (χ3v) is 4.93. The largest absolute Gasteiger partial charge is 0.416 e. The van der Waals surface area contributed by atoms with Gasteiger partial charge in [0.25, 0.3) is 0 Å². The second-order valence-corrected chi connectivity index (χ2v) is 7.01. The molecule has 1 fully saturated rings. The maximum Gasteiger partial charge on any atom is 0.416 e. The molecule has 3 nitrogen and oxygen atoms in total. The lowest BCUT2D eigenvalue weighted by Crippen LogP contribution is -2.28. The van der Waals surface area contributed by atoms with Crippen molar-refractivity contribution in [1.82, 2.24) is 9.88 Å². The fourth-order valence-electron chi connectivity index (χ4n) is 2.73. The molecule has 0 aliphatic heterocycles. The van der Waals surface area contributed by atoms with Gasteiger partial charge in [0, 0.05) is 29.7 Å². The molecular formula is C16H19ClF3N3S. The van der Waals surface area contributed by atoms with E-state index in [1.165, 1.54) is 23.5 Å². The number of alkyl halides is 3. The molecule has 1 aliphatic rings. The number of nitrogens with two attached hydrogens (primary N) is 1. The van der Waals surface area contributed by atoms with Gasteiger partial charge >= 0.3 is 6.18 Å². The van der Waals surface area contributed by atoms with E-state index in [1.807, 2.05) is 6.92 Å². The quantitative estimate of drug-likeness (QED) is 0.806. The third kappa shape index (κ3) is 4.40. The molecule has 1 aromatic heterocycles. The monoisotopic (exact) mass is 377 g/mol. The lowest BCUT2D eigenvalue weighted by atomic mass is 10.0. The number of thiazole rings is 1. The van der Waals surface area contributed by atoms with Crippen LogP contribution in [0.1, 0.15) is 41.8 Å². The summed E-state index contributed by atoms with van der Waals surface area (Å²) in [5.41, 5.74) is 5.75. The molecule has 1 aromatic carbocycles. The smallest absolute Gasteiger partial charge is 0.375 e. The Bertz CT molecular complexity index is 685. The molecule has 2 aromatic rings. The van der Waals surface area contributed by atoms with Crippen molar-refractivity contribution in [3.05, 3.63) is 46.5 Å². The van der Waals surface area contributed by atoms with Crippen LogP contribution < -0.4 is 5.73 Å². The van der Waals surface area contributed by atoms with Crippen LogP contribution in [0.5, 0.6) is 0 Å². The van der Waals surface area contributed by atoms with Crippen LogP contribution in [0, 0.1) is 0 Å². The number of nitrogens with zero attached hydrogens (tertiary/aromatic N) is 2. The van der Waals surface area contributed by atoms with Crippen molar-refractivity contribution < 1.29 is 13.2 Å². The van der Waals surface area contributed by atoms with E-state index in [1.54, 1.807) is 12.3 Å². The SMILES string of the molecule is CC(c1cccc(C(F)(F)F)c1)N(Cc1cnc(N)s1)C1CC1.Cl. The molecule has 0 saturated heterocycles. The molecule has 0 amide bonds. The summed E-state index contributed by atoms with van der Waals surface area (Å²) in [6.07, 6.45) is -0.407. The highest BCUT2D eigenvalue weighted by atomic mass is 35.5. The second kappa shape index (κ2) is 7.29. The van der Waals surface area contributed by atoms with Crippen LogP contribution in [0.25, 0.3) is 0 Å². The predicted octanol–water partition coefficient (Wildman–Crippen LogP) is 4.89. The Hall–Kier alpha value is -1.31. The van der Waals surface area contributed by atoms with Crippen molar-refractivity contribution in [2.75, 3.05) is 5.73 Å². The number of aromatic nitrogens is 1.